The molecule has 112 valence electrons. The summed E-state index contributed by atoms with van der Waals surface area (Å²) in [5.41, 5.74) is 0.730. The summed E-state index contributed by atoms with van der Waals surface area (Å²) in [6.45, 7) is 0.424. The molecule has 0 N–H and O–H groups in total. The topological polar surface area (TPSA) is 93.4 Å². The summed E-state index contributed by atoms with van der Waals surface area (Å²) < 4.78 is 23.1. The number of thiophene rings is 1. The Morgan fingerprint density at radius 2 is 2.00 bits per heavy atom. The molecule has 21 heavy (non-hydrogen) atoms. The monoisotopic (exact) mass is 327 g/mol. The van der Waals surface area contributed by atoms with E-state index in [1.807, 2.05) is 0 Å². The first-order valence-corrected chi connectivity index (χ1v) is 8.58. The van der Waals surface area contributed by atoms with Crippen LogP contribution in [0.2, 0.25) is 0 Å². The minimum atomic E-state index is -3.47. The lowest BCUT2D eigenvalue weighted by molar-refractivity contribution is -0.383. The molecule has 0 radical (unpaired) electrons. The second-order valence-corrected chi connectivity index (χ2v) is 7.77. The minimum absolute atomic E-state index is 0.00854. The van der Waals surface area contributed by atoms with Crippen molar-refractivity contribution >= 4 is 31.9 Å². The Labute approximate surface area is 125 Å². The van der Waals surface area contributed by atoms with Gasteiger partial charge in [-0.1, -0.05) is 11.3 Å². The number of aromatic nitrogens is 1. The van der Waals surface area contributed by atoms with Crippen molar-refractivity contribution in [2.45, 2.75) is 10.8 Å². The van der Waals surface area contributed by atoms with Crippen LogP contribution in [-0.4, -0.2) is 31.6 Å². The largest absolute Gasteiger partial charge is 0.356 e. The first-order valence-electron chi connectivity index (χ1n) is 5.87. The summed E-state index contributed by atoms with van der Waals surface area (Å²) in [5.74, 6) is 0. The highest BCUT2D eigenvalue weighted by Gasteiger charge is 2.26. The van der Waals surface area contributed by atoms with E-state index < -0.39 is 14.8 Å². The zero-order chi connectivity index (χ0) is 15.6. The number of nitro groups is 1. The average molecular weight is 327 g/mol. The van der Waals surface area contributed by atoms with Crippen LogP contribution in [0.1, 0.15) is 5.56 Å². The van der Waals surface area contributed by atoms with E-state index in [0.29, 0.717) is 11.5 Å². The molecule has 2 rings (SSSR count). The predicted octanol–water partition coefficient (Wildman–Crippen LogP) is 2.09. The van der Waals surface area contributed by atoms with Gasteiger partial charge in [0.25, 0.3) is 0 Å². The molecule has 0 fully saturated rings. The van der Waals surface area contributed by atoms with Crippen LogP contribution < -0.4 is 4.90 Å². The second-order valence-electron chi connectivity index (χ2n) is 4.50. The van der Waals surface area contributed by atoms with Crippen molar-refractivity contribution < 1.29 is 13.3 Å². The lowest BCUT2D eigenvalue weighted by atomic mass is 10.2. The Hall–Kier alpha value is -2.00. The third-order valence-corrected chi connectivity index (χ3v) is 5.79. The first-order chi connectivity index (χ1) is 9.79. The van der Waals surface area contributed by atoms with E-state index >= 15 is 0 Å². The zero-order valence-corrected chi connectivity index (χ0v) is 13.0. The van der Waals surface area contributed by atoms with E-state index in [1.54, 1.807) is 36.5 Å². The first kappa shape index (κ1) is 15.4. The highest BCUT2D eigenvalue weighted by atomic mass is 32.2. The molecule has 0 bridgehead atoms. The maximum atomic E-state index is 11.6. The average Bonchev–Trinajstić information content (AvgIpc) is 2.85. The van der Waals surface area contributed by atoms with Crippen molar-refractivity contribution in [3.63, 3.8) is 0 Å². The molecule has 7 nitrogen and oxygen atoms in total. The van der Waals surface area contributed by atoms with E-state index in [1.165, 1.54) is 0 Å². The smallest absolute Gasteiger partial charge is 0.305 e. The van der Waals surface area contributed by atoms with Crippen LogP contribution in [0, 0.1) is 10.1 Å². The molecular formula is C12H13N3O4S2. The maximum absolute atomic E-state index is 11.6. The molecule has 0 saturated carbocycles. The maximum Gasteiger partial charge on any atom is 0.305 e. The number of hydrogen-bond donors (Lipinski definition) is 0. The van der Waals surface area contributed by atoms with Crippen LogP contribution in [0.25, 0.3) is 0 Å². The van der Waals surface area contributed by atoms with Crippen molar-refractivity contribution in [2.75, 3.05) is 18.2 Å². The lowest BCUT2D eigenvalue weighted by Crippen LogP contribution is -2.16. The Kier molecular flexibility index (Phi) is 4.24. The molecule has 0 aliphatic carbocycles. The molecule has 0 atom stereocenters. The van der Waals surface area contributed by atoms with Crippen LogP contribution in [0.15, 0.2) is 34.8 Å². The van der Waals surface area contributed by atoms with Gasteiger partial charge in [0, 0.05) is 38.3 Å². The third-order valence-electron chi connectivity index (χ3n) is 2.75. The van der Waals surface area contributed by atoms with E-state index in [-0.39, 0.29) is 9.90 Å². The van der Waals surface area contributed by atoms with E-state index in [0.717, 1.165) is 29.2 Å². The Morgan fingerprint density at radius 3 is 2.52 bits per heavy atom. The van der Waals surface area contributed by atoms with Crippen LogP contribution in [0.3, 0.4) is 0 Å². The molecule has 0 saturated heterocycles. The van der Waals surface area contributed by atoms with Crippen molar-refractivity contribution in [3.8, 4) is 0 Å². The molecule has 2 aromatic rings. The molecule has 0 spiro atoms. The summed E-state index contributed by atoms with van der Waals surface area (Å²) in [5, 5.41) is 11.4. The molecule has 2 aromatic heterocycles. The summed E-state index contributed by atoms with van der Waals surface area (Å²) in [4.78, 5) is 16.1. The van der Waals surface area contributed by atoms with Gasteiger partial charge < -0.3 is 4.90 Å². The Morgan fingerprint density at radius 1 is 1.38 bits per heavy atom. The number of rotatable bonds is 5. The number of nitrogens with zero attached hydrogens (tertiary/aromatic N) is 3. The van der Waals surface area contributed by atoms with E-state index in [4.69, 9.17) is 0 Å². The highest BCUT2D eigenvalue weighted by molar-refractivity contribution is 7.92. The van der Waals surface area contributed by atoms with Crippen molar-refractivity contribution in [1.29, 1.82) is 0 Å². The fourth-order valence-corrected chi connectivity index (χ4v) is 3.76. The normalized spacial score (nSPS) is 11.3. The van der Waals surface area contributed by atoms with Gasteiger partial charge >= 0.3 is 5.69 Å². The number of pyridine rings is 1. The summed E-state index contributed by atoms with van der Waals surface area (Å²) in [6, 6.07) is 4.71. The summed E-state index contributed by atoms with van der Waals surface area (Å²) in [6.07, 6.45) is 4.30. The highest BCUT2D eigenvalue weighted by Crippen LogP contribution is 2.39. The molecule has 0 aromatic carbocycles. The van der Waals surface area contributed by atoms with Gasteiger partial charge in [0.15, 0.2) is 14.8 Å². The molecule has 9 heteroatoms. The van der Waals surface area contributed by atoms with Crippen LogP contribution in [0.5, 0.6) is 0 Å². The van der Waals surface area contributed by atoms with Crippen LogP contribution >= 0.6 is 11.3 Å². The van der Waals surface area contributed by atoms with Crippen LogP contribution in [0.4, 0.5) is 10.7 Å². The molecular weight excluding hydrogens is 314 g/mol. The minimum Gasteiger partial charge on any atom is -0.356 e. The van der Waals surface area contributed by atoms with Crippen molar-refractivity contribution in [1.82, 2.24) is 4.98 Å². The Balaban J connectivity index is 2.38. The summed E-state index contributed by atoms with van der Waals surface area (Å²) >= 11 is 0.903. The van der Waals surface area contributed by atoms with Gasteiger partial charge in [0.2, 0.25) is 0 Å². The van der Waals surface area contributed by atoms with Gasteiger partial charge in [-0.2, -0.15) is 0 Å². The molecule has 0 aliphatic rings. The van der Waals surface area contributed by atoms with Crippen LogP contribution in [-0.2, 0) is 16.4 Å². The van der Waals surface area contributed by atoms with Crippen molar-refractivity contribution in [3.05, 3.63) is 46.3 Å². The Bertz CT molecular complexity index is 756. The summed E-state index contributed by atoms with van der Waals surface area (Å²) in [7, 11) is -1.78. The van der Waals surface area contributed by atoms with Gasteiger partial charge in [-0.3, -0.25) is 15.1 Å². The van der Waals surface area contributed by atoms with E-state index in [2.05, 4.69) is 4.98 Å². The van der Waals surface area contributed by atoms with E-state index in [9.17, 15) is 18.5 Å². The molecule has 2 heterocycles. The van der Waals surface area contributed by atoms with Gasteiger partial charge in [-0.25, -0.2) is 8.42 Å². The standard InChI is InChI=1S/C12H13N3O4S2/c1-14(8-9-3-5-13-6-4-9)12-10(15(16)17)7-11(20-12)21(2,18)19/h3-7H,8H2,1-2H3. The van der Waals surface area contributed by atoms with Gasteiger partial charge in [-0.15, -0.1) is 0 Å². The zero-order valence-electron chi connectivity index (χ0n) is 11.4. The molecule has 0 aliphatic heterocycles. The predicted molar refractivity (Wildman–Crippen MR) is 80.4 cm³/mol. The quantitative estimate of drug-likeness (QED) is 0.616. The SMILES string of the molecule is CN(Cc1ccncc1)c1sc(S(C)(=O)=O)cc1[N+](=O)[O-]. The fourth-order valence-electron chi connectivity index (χ4n) is 1.77. The fraction of sp³-hybridized carbons (Fsp3) is 0.250. The lowest BCUT2D eigenvalue weighted by Gasteiger charge is -2.16. The number of hydrogen-bond acceptors (Lipinski definition) is 7. The van der Waals surface area contributed by atoms with Gasteiger partial charge in [0.05, 0.1) is 4.92 Å². The van der Waals surface area contributed by atoms with Gasteiger partial charge in [0.1, 0.15) is 4.21 Å². The second kappa shape index (κ2) is 5.78. The number of sulfone groups is 1. The number of anilines is 1. The third kappa shape index (κ3) is 3.56. The van der Waals surface area contributed by atoms with Crippen molar-refractivity contribution in [2.24, 2.45) is 0 Å². The van der Waals surface area contributed by atoms with Gasteiger partial charge in [-0.05, 0) is 17.7 Å². The molecule has 0 unspecified atom stereocenters. The molecule has 0 amide bonds.